The number of rotatable bonds is 8. The Hall–Kier alpha value is -1.26. The first-order chi connectivity index (χ1) is 13.2. The van der Waals surface area contributed by atoms with Gasteiger partial charge in [0.15, 0.2) is 8.32 Å². The van der Waals surface area contributed by atoms with Gasteiger partial charge >= 0.3 is 5.97 Å². The monoisotopic (exact) mass is 443 g/mol. The normalized spacial score (nSPS) is 23.5. The van der Waals surface area contributed by atoms with Crippen LogP contribution in [-0.4, -0.2) is 63.5 Å². The van der Waals surface area contributed by atoms with Gasteiger partial charge in [-0.3, -0.25) is 4.79 Å². The fraction of sp³-hybridized carbons (Fsp3) is 0.650. The van der Waals surface area contributed by atoms with Crippen LogP contribution in [0.3, 0.4) is 0 Å². The van der Waals surface area contributed by atoms with E-state index in [9.17, 15) is 18.3 Å². The van der Waals surface area contributed by atoms with Gasteiger partial charge in [-0.15, -0.1) is 0 Å². The van der Waals surface area contributed by atoms with Gasteiger partial charge in [0.1, 0.15) is 6.04 Å². The lowest BCUT2D eigenvalue weighted by Crippen LogP contribution is -2.43. The van der Waals surface area contributed by atoms with E-state index in [1.54, 1.807) is 19.1 Å². The molecule has 0 saturated carbocycles. The van der Waals surface area contributed by atoms with Crippen LogP contribution >= 0.6 is 0 Å². The third-order valence-electron chi connectivity index (χ3n) is 5.74. The summed E-state index contributed by atoms with van der Waals surface area (Å²) in [6.45, 7) is 14.0. The number of esters is 1. The number of ether oxygens (including phenoxy) is 1. The van der Waals surface area contributed by atoms with Crippen molar-refractivity contribution in [1.29, 1.82) is 0 Å². The van der Waals surface area contributed by atoms with Crippen LogP contribution in [0.25, 0.3) is 0 Å². The number of carbonyl (C=O) groups is 1. The van der Waals surface area contributed by atoms with Crippen LogP contribution in [-0.2, 0) is 24.0 Å². The zero-order valence-electron chi connectivity index (χ0n) is 18.3. The van der Waals surface area contributed by atoms with Crippen molar-refractivity contribution in [3.05, 3.63) is 29.8 Å². The molecule has 2 rings (SSSR count). The number of carbonyl (C=O) groups excluding carboxylic acids is 1. The van der Waals surface area contributed by atoms with E-state index in [1.165, 1.54) is 12.1 Å². The van der Waals surface area contributed by atoms with E-state index in [0.29, 0.717) is 0 Å². The number of aliphatic hydroxyl groups is 1. The number of aliphatic hydroxyl groups excluding tert-OH is 1. The molecule has 29 heavy (non-hydrogen) atoms. The van der Waals surface area contributed by atoms with Gasteiger partial charge in [-0.25, -0.2) is 8.42 Å². The van der Waals surface area contributed by atoms with Crippen LogP contribution in [0.5, 0.6) is 0 Å². The Morgan fingerprint density at radius 1 is 1.24 bits per heavy atom. The van der Waals surface area contributed by atoms with Gasteiger partial charge in [-0.05, 0) is 44.1 Å². The molecule has 1 aliphatic rings. The van der Waals surface area contributed by atoms with Gasteiger partial charge in [0.2, 0.25) is 10.0 Å². The highest BCUT2D eigenvalue weighted by Gasteiger charge is 2.63. The summed E-state index contributed by atoms with van der Waals surface area (Å²) < 4.78 is 38.3. The summed E-state index contributed by atoms with van der Waals surface area (Å²) >= 11 is 0. The second kappa shape index (κ2) is 8.47. The zero-order valence-corrected chi connectivity index (χ0v) is 20.1. The molecule has 1 heterocycles. The van der Waals surface area contributed by atoms with E-state index >= 15 is 0 Å². The summed E-state index contributed by atoms with van der Waals surface area (Å²) in [4.78, 5) is 12.4. The topological polar surface area (TPSA) is 92.9 Å². The molecule has 9 heteroatoms. The van der Waals surface area contributed by atoms with Crippen molar-refractivity contribution < 1.29 is 27.5 Å². The highest BCUT2D eigenvalue weighted by molar-refractivity contribution is 7.89. The molecule has 0 aliphatic carbocycles. The molecule has 1 N–H and O–H groups in total. The summed E-state index contributed by atoms with van der Waals surface area (Å²) in [7, 11) is -6.08. The lowest BCUT2D eigenvalue weighted by atomic mass is 10.2. The molecule has 1 aromatic carbocycles. The fourth-order valence-electron chi connectivity index (χ4n) is 2.83. The van der Waals surface area contributed by atoms with Crippen molar-refractivity contribution in [3.8, 4) is 0 Å². The Morgan fingerprint density at radius 3 is 2.28 bits per heavy atom. The number of aryl methyl sites for hydroxylation is 1. The maximum Gasteiger partial charge on any atom is 0.326 e. The predicted molar refractivity (Wildman–Crippen MR) is 114 cm³/mol. The van der Waals surface area contributed by atoms with Gasteiger partial charge in [-0.1, -0.05) is 38.5 Å². The predicted octanol–water partition coefficient (Wildman–Crippen LogP) is 2.68. The number of benzene rings is 1. The molecule has 1 aliphatic heterocycles. The van der Waals surface area contributed by atoms with Crippen molar-refractivity contribution in [2.45, 2.75) is 75.8 Å². The van der Waals surface area contributed by atoms with E-state index in [0.717, 1.165) is 9.87 Å². The Labute approximate surface area is 175 Å². The van der Waals surface area contributed by atoms with Gasteiger partial charge in [0.25, 0.3) is 0 Å². The minimum atomic E-state index is -3.94. The molecule has 1 saturated heterocycles. The molecule has 0 spiro atoms. The number of hydrogen-bond donors (Lipinski definition) is 1. The molecule has 0 bridgehead atoms. The van der Waals surface area contributed by atoms with E-state index in [1.807, 2.05) is 6.92 Å². The van der Waals surface area contributed by atoms with Crippen molar-refractivity contribution in [2.24, 2.45) is 0 Å². The Bertz CT molecular complexity index is 832. The average Bonchev–Trinajstić information content (AvgIpc) is 3.36. The second-order valence-electron chi connectivity index (χ2n) is 8.97. The Morgan fingerprint density at radius 2 is 1.79 bits per heavy atom. The molecular weight excluding hydrogens is 410 g/mol. The molecular formula is C20H33NO6SSi. The molecule has 1 aromatic rings. The average molecular weight is 444 g/mol. The van der Waals surface area contributed by atoms with Gasteiger partial charge in [-0.2, -0.15) is 4.31 Å². The van der Waals surface area contributed by atoms with Crippen LogP contribution < -0.4 is 0 Å². The summed E-state index contributed by atoms with van der Waals surface area (Å²) in [5.41, 5.74) is 0.927. The van der Waals surface area contributed by atoms with E-state index < -0.39 is 42.5 Å². The summed E-state index contributed by atoms with van der Waals surface area (Å²) in [6.07, 6.45) is -1.13. The molecule has 0 radical (unpaired) electrons. The molecule has 1 unspecified atom stereocenters. The summed E-state index contributed by atoms with van der Waals surface area (Å²) in [6, 6.07) is 4.45. The first-order valence-corrected chi connectivity index (χ1v) is 14.2. The van der Waals surface area contributed by atoms with Crippen LogP contribution in [0.2, 0.25) is 18.1 Å². The number of nitrogens with zero attached hydrogens (tertiary/aromatic N) is 1. The minimum Gasteiger partial charge on any atom is -0.465 e. The molecule has 1 fully saturated rings. The van der Waals surface area contributed by atoms with E-state index in [-0.39, 0.29) is 23.1 Å². The van der Waals surface area contributed by atoms with Crippen LogP contribution in [0, 0.1) is 6.92 Å². The van der Waals surface area contributed by atoms with Crippen molar-refractivity contribution >= 4 is 24.3 Å². The highest BCUT2D eigenvalue weighted by atomic mass is 32.2. The smallest absolute Gasteiger partial charge is 0.326 e. The molecule has 7 nitrogen and oxygen atoms in total. The second-order valence-corrected chi connectivity index (χ2v) is 15.6. The number of hydrogen-bond acceptors (Lipinski definition) is 6. The molecule has 0 aromatic heterocycles. The largest absolute Gasteiger partial charge is 0.465 e. The molecule has 0 amide bonds. The summed E-state index contributed by atoms with van der Waals surface area (Å²) in [5.74, 6) is -0.653. The highest BCUT2D eigenvalue weighted by Crippen LogP contribution is 2.41. The van der Waals surface area contributed by atoms with Crippen LogP contribution in [0.1, 0.15) is 33.3 Å². The lowest BCUT2D eigenvalue weighted by molar-refractivity contribution is -0.143. The van der Waals surface area contributed by atoms with Gasteiger partial charge < -0.3 is 14.3 Å². The van der Waals surface area contributed by atoms with Crippen molar-refractivity contribution in [1.82, 2.24) is 4.31 Å². The maximum atomic E-state index is 13.1. The van der Waals surface area contributed by atoms with Crippen molar-refractivity contribution in [3.63, 3.8) is 0 Å². The van der Waals surface area contributed by atoms with Crippen LogP contribution in [0.15, 0.2) is 29.2 Å². The fourth-order valence-corrected chi connectivity index (χ4v) is 5.61. The molecule has 4 atom stereocenters. The first-order valence-electron chi connectivity index (χ1n) is 9.83. The lowest BCUT2D eigenvalue weighted by Gasteiger charge is -2.36. The third kappa shape index (κ3) is 5.08. The Kier molecular flexibility index (Phi) is 7.01. The van der Waals surface area contributed by atoms with Gasteiger partial charge in [0.05, 0.1) is 30.3 Å². The zero-order chi connectivity index (χ0) is 22.2. The van der Waals surface area contributed by atoms with E-state index in [2.05, 4.69) is 33.9 Å². The third-order valence-corrected chi connectivity index (χ3v) is 12.1. The maximum absolute atomic E-state index is 13.1. The Balaban J connectivity index is 2.24. The number of sulfonamides is 1. The SMILES string of the molecule is CCOC(=O)[C@H]1[C@H]([C@H](O)CO[Si](C)(C)C(C)(C)C)N1S(=O)(=O)c1ccc(C)cc1. The van der Waals surface area contributed by atoms with Crippen molar-refractivity contribution in [2.75, 3.05) is 13.2 Å². The van der Waals surface area contributed by atoms with E-state index in [4.69, 9.17) is 9.16 Å². The molecule has 164 valence electrons. The van der Waals surface area contributed by atoms with Crippen LogP contribution in [0.4, 0.5) is 0 Å². The van der Waals surface area contributed by atoms with Gasteiger partial charge in [0, 0.05) is 0 Å². The minimum absolute atomic E-state index is 0.0308. The first kappa shape index (κ1) is 24.0. The quantitative estimate of drug-likeness (QED) is 0.377. The standard InChI is InChI=1S/C20H33NO6SSi/c1-8-26-19(23)18-17(16(22)13-27-29(6,7)20(3,4)5)21(18)28(24,25)15-11-9-14(2)10-12-15/h9-12,16-18,22H,8,13H2,1-7H3/t16-,17+,18-,21?/m1/s1. The summed E-state index contributed by atoms with van der Waals surface area (Å²) in [5, 5.41) is 10.7.